The van der Waals surface area contributed by atoms with Crippen LogP contribution in [0.5, 0.6) is 0 Å². The van der Waals surface area contributed by atoms with Gasteiger partial charge in [-0.1, -0.05) is 27.2 Å². The summed E-state index contributed by atoms with van der Waals surface area (Å²) in [6, 6.07) is 0.472. The zero-order valence-electron chi connectivity index (χ0n) is 14.2. The predicted octanol–water partition coefficient (Wildman–Crippen LogP) is 3.32. The lowest BCUT2D eigenvalue weighted by molar-refractivity contribution is -0.0670. The molecule has 4 unspecified atom stereocenters. The minimum Gasteiger partial charge on any atom is -0.375 e. The van der Waals surface area contributed by atoms with Crippen molar-refractivity contribution in [3.8, 4) is 0 Å². The molecule has 0 heterocycles. The summed E-state index contributed by atoms with van der Waals surface area (Å²) in [5, 5.41) is 3.29. The van der Waals surface area contributed by atoms with Gasteiger partial charge in [-0.25, -0.2) is 0 Å². The molecule has 0 aromatic carbocycles. The van der Waals surface area contributed by atoms with Crippen molar-refractivity contribution >= 4 is 0 Å². The van der Waals surface area contributed by atoms with E-state index in [1.807, 2.05) is 7.05 Å². The van der Waals surface area contributed by atoms with Gasteiger partial charge in [-0.3, -0.25) is 0 Å². The SMILES string of the molecule is CCCC(C)(N)C(C)COC(C)(CC)CC(C)NC. The maximum absolute atomic E-state index is 6.38. The maximum atomic E-state index is 6.38. The van der Waals surface area contributed by atoms with E-state index in [0.29, 0.717) is 12.0 Å². The zero-order valence-corrected chi connectivity index (χ0v) is 14.2. The van der Waals surface area contributed by atoms with Crippen LogP contribution in [0, 0.1) is 5.92 Å². The lowest BCUT2D eigenvalue weighted by atomic mass is 9.84. The van der Waals surface area contributed by atoms with E-state index in [-0.39, 0.29) is 11.1 Å². The molecule has 0 aliphatic rings. The van der Waals surface area contributed by atoms with Crippen molar-refractivity contribution in [2.45, 2.75) is 84.4 Å². The van der Waals surface area contributed by atoms with Gasteiger partial charge < -0.3 is 15.8 Å². The molecule has 4 atom stereocenters. The van der Waals surface area contributed by atoms with Crippen LogP contribution < -0.4 is 11.1 Å². The van der Waals surface area contributed by atoms with Crippen LogP contribution in [0.25, 0.3) is 0 Å². The highest BCUT2D eigenvalue weighted by Gasteiger charge is 2.30. The Kier molecular flexibility index (Phi) is 8.18. The summed E-state index contributed by atoms with van der Waals surface area (Å²) in [5.41, 5.74) is 6.19. The first kappa shape index (κ1) is 18.9. The van der Waals surface area contributed by atoms with Gasteiger partial charge in [-0.15, -0.1) is 0 Å². The van der Waals surface area contributed by atoms with Gasteiger partial charge in [0, 0.05) is 11.6 Å². The van der Waals surface area contributed by atoms with Gasteiger partial charge in [-0.05, 0) is 53.0 Å². The first-order chi connectivity index (χ1) is 8.70. The summed E-state index contributed by atoms with van der Waals surface area (Å²) >= 11 is 0. The third kappa shape index (κ3) is 6.73. The Balaban J connectivity index is 4.41. The molecule has 0 saturated heterocycles. The van der Waals surface area contributed by atoms with E-state index in [2.05, 4.69) is 46.9 Å². The van der Waals surface area contributed by atoms with Crippen molar-refractivity contribution in [1.82, 2.24) is 5.32 Å². The van der Waals surface area contributed by atoms with Crippen molar-refractivity contribution in [3.63, 3.8) is 0 Å². The fourth-order valence-electron chi connectivity index (χ4n) is 2.36. The van der Waals surface area contributed by atoms with Gasteiger partial charge in [0.15, 0.2) is 0 Å². The van der Waals surface area contributed by atoms with Crippen LogP contribution in [0.15, 0.2) is 0 Å². The molecule has 0 aromatic rings. The Morgan fingerprint density at radius 3 is 2.21 bits per heavy atom. The molecule has 0 aliphatic heterocycles. The van der Waals surface area contributed by atoms with Crippen molar-refractivity contribution in [1.29, 1.82) is 0 Å². The summed E-state index contributed by atoms with van der Waals surface area (Å²) in [6.45, 7) is 13.9. The predicted molar refractivity (Wildman–Crippen MR) is 84.5 cm³/mol. The van der Waals surface area contributed by atoms with Gasteiger partial charge in [-0.2, -0.15) is 0 Å². The molecule has 0 aliphatic carbocycles. The molecule has 0 saturated carbocycles. The second-order valence-electron chi connectivity index (χ2n) is 6.67. The smallest absolute Gasteiger partial charge is 0.0666 e. The van der Waals surface area contributed by atoms with Gasteiger partial charge in [0.25, 0.3) is 0 Å². The second-order valence-corrected chi connectivity index (χ2v) is 6.67. The highest BCUT2D eigenvalue weighted by molar-refractivity contribution is 4.85. The number of hydrogen-bond donors (Lipinski definition) is 2. The molecule has 0 aromatic heterocycles. The molecule has 0 bridgehead atoms. The Morgan fingerprint density at radius 2 is 1.79 bits per heavy atom. The average molecular weight is 272 g/mol. The van der Waals surface area contributed by atoms with Crippen molar-refractivity contribution in [3.05, 3.63) is 0 Å². The van der Waals surface area contributed by atoms with Crippen molar-refractivity contribution in [2.75, 3.05) is 13.7 Å². The van der Waals surface area contributed by atoms with E-state index in [0.717, 1.165) is 32.3 Å². The number of nitrogens with one attached hydrogen (secondary N) is 1. The first-order valence-electron chi connectivity index (χ1n) is 7.80. The van der Waals surface area contributed by atoms with E-state index in [1.54, 1.807) is 0 Å². The lowest BCUT2D eigenvalue weighted by Gasteiger charge is -2.37. The number of hydrogen-bond acceptors (Lipinski definition) is 3. The molecule has 19 heavy (non-hydrogen) atoms. The normalized spacial score (nSPS) is 21.5. The van der Waals surface area contributed by atoms with Crippen molar-refractivity contribution in [2.24, 2.45) is 11.7 Å². The van der Waals surface area contributed by atoms with Gasteiger partial charge in [0.1, 0.15) is 0 Å². The Labute approximate surface area is 120 Å². The van der Waals surface area contributed by atoms with E-state index in [1.165, 1.54) is 0 Å². The summed E-state index contributed by atoms with van der Waals surface area (Å²) < 4.78 is 6.23. The van der Waals surface area contributed by atoms with Crippen LogP contribution in [0.4, 0.5) is 0 Å². The molecule has 0 amide bonds. The van der Waals surface area contributed by atoms with Crippen LogP contribution >= 0.6 is 0 Å². The van der Waals surface area contributed by atoms with E-state index in [4.69, 9.17) is 10.5 Å². The first-order valence-corrected chi connectivity index (χ1v) is 7.80. The fourth-order valence-corrected chi connectivity index (χ4v) is 2.36. The van der Waals surface area contributed by atoms with E-state index in [9.17, 15) is 0 Å². The zero-order chi connectivity index (χ0) is 15.1. The topological polar surface area (TPSA) is 47.3 Å². The molecule has 0 rings (SSSR count). The molecule has 3 N–H and O–H groups in total. The summed E-state index contributed by atoms with van der Waals surface area (Å²) in [6.07, 6.45) is 4.23. The van der Waals surface area contributed by atoms with E-state index >= 15 is 0 Å². The molecular weight excluding hydrogens is 236 g/mol. The summed E-state index contributed by atoms with van der Waals surface area (Å²) in [4.78, 5) is 0. The third-order valence-corrected chi connectivity index (χ3v) is 4.57. The average Bonchev–Trinajstić information content (AvgIpc) is 2.35. The molecule has 3 nitrogen and oxygen atoms in total. The Bertz CT molecular complexity index is 243. The Hall–Kier alpha value is -0.120. The molecule has 116 valence electrons. The summed E-state index contributed by atoms with van der Waals surface area (Å²) in [5.74, 6) is 0.378. The van der Waals surface area contributed by atoms with Crippen LogP contribution in [-0.2, 0) is 4.74 Å². The van der Waals surface area contributed by atoms with Gasteiger partial charge in [0.2, 0.25) is 0 Å². The van der Waals surface area contributed by atoms with Crippen molar-refractivity contribution < 1.29 is 4.74 Å². The van der Waals surface area contributed by atoms with Crippen LogP contribution in [0.1, 0.15) is 67.2 Å². The summed E-state index contributed by atoms with van der Waals surface area (Å²) in [7, 11) is 2.00. The van der Waals surface area contributed by atoms with Crippen LogP contribution in [-0.4, -0.2) is 30.8 Å². The maximum Gasteiger partial charge on any atom is 0.0666 e. The highest BCUT2D eigenvalue weighted by Crippen LogP contribution is 2.26. The molecule has 0 radical (unpaired) electrons. The van der Waals surface area contributed by atoms with Gasteiger partial charge >= 0.3 is 0 Å². The third-order valence-electron chi connectivity index (χ3n) is 4.57. The van der Waals surface area contributed by atoms with E-state index < -0.39 is 0 Å². The fraction of sp³-hybridized carbons (Fsp3) is 1.00. The molecule has 0 spiro atoms. The van der Waals surface area contributed by atoms with Gasteiger partial charge in [0.05, 0.1) is 12.2 Å². The molecule has 0 fully saturated rings. The van der Waals surface area contributed by atoms with Crippen LogP contribution in [0.3, 0.4) is 0 Å². The number of rotatable bonds is 10. The largest absolute Gasteiger partial charge is 0.375 e. The monoisotopic (exact) mass is 272 g/mol. The lowest BCUT2D eigenvalue weighted by Crippen LogP contribution is -2.46. The molecular formula is C16H36N2O. The van der Waals surface area contributed by atoms with Crippen LogP contribution in [0.2, 0.25) is 0 Å². The quantitative estimate of drug-likeness (QED) is 0.641. The number of nitrogens with two attached hydrogens (primary N) is 1. The number of ether oxygens (including phenoxy) is 1. The standard InChI is InChI=1S/C16H36N2O/c1-8-10-16(6,17)13(3)12-19-15(5,9-2)11-14(4)18-7/h13-14,18H,8-12,17H2,1-7H3. The molecule has 3 heteroatoms. The Morgan fingerprint density at radius 1 is 1.21 bits per heavy atom. The second kappa shape index (κ2) is 8.23. The minimum atomic E-state index is -0.127. The highest BCUT2D eigenvalue weighted by atomic mass is 16.5. The minimum absolute atomic E-state index is 0.0566.